The normalized spacial score (nSPS) is 11.2. The number of rotatable bonds is 8. The first-order chi connectivity index (χ1) is 13.7. The second-order valence-electron chi connectivity index (χ2n) is 6.77. The molecule has 0 aliphatic carbocycles. The monoisotopic (exact) mass is 507 g/mol. The maximum Gasteiger partial charge on any atom is 0.190 e. The lowest BCUT2D eigenvalue weighted by Gasteiger charge is -2.14. The number of ether oxygens (including phenoxy) is 1. The molecule has 1 heterocycles. The van der Waals surface area contributed by atoms with E-state index in [2.05, 4.69) is 50.3 Å². The van der Waals surface area contributed by atoms with Crippen molar-refractivity contribution in [1.29, 1.82) is 0 Å². The predicted molar refractivity (Wildman–Crippen MR) is 131 cm³/mol. The molecule has 29 heavy (non-hydrogen) atoms. The first-order valence-corrected chi connectivity index (χ1v) is 9.69. The van der Waals surface area contributed by atoms with Gasteiger partial charge in [-0.25, -0.2) is 4.98 Å². The molecule has 0 atom stereocenters. The highest BCUT2D eigenvalue weighted by molar-refractivity contribution is 14.0. The maximum atomic E-state index is 5.45. The molecule has 0 aliphatic heterocycles. The van der Waals surface area contributed by atoms with E-state index in [1.165, 1.54) is 16.6 Å². The number of hydrogen-bond acceptors (Lipinski definition) is 3. The van der Waals surface area contributed by atoms with Crippen LogP contribution in [0.4, 0.5) is 0 Å². The zero-order valence-corrected chi connectivity index (χ0v) is 19.6. The standard InChI is InChI=1S/C22H29N5O.HI/c1-17-9-10-21(28-3)18(15-17)11-13-25-22(23-2)24-12-6-14-27-16-26-19-7-4-5-8-20(19)27;/h4-5,7-10,15-16H,6,11-14H2,1-3H3,(H2,23,24,25);1H. The molecule has 3 aromatic rings. The van der Waals surface area contributed by atoms with E-state index in [0.29, 0.717) is 0 Å². The third-order valence-corrected chi connectivity index (χ3v) is 4.74. The summed E-state index contributed by atoms with van der Waals surface area (Å²) in [6.45, 7) is 4.66. The van der Waals surface area contributed by atoms with Gasteiger partial charge in [-0.15, -0.1) is 24.0 Å². The van der Waals surface area contributed by atoms with E-state index in [1.54, 1.807) is 14.2 Å². The summed E-state index contributed by atoms with van der Waals surface area (Å²) in [6.07, 6.45) is 3.78. The number of nitrogens with one attached hydrogen (secondary N) is 2. The Bertz CT molecular complexity index is 938. The van der Waals surface area contributed by atoms with Gasteiger partial charge in [-0.3, -0.25) is 4.99 Å². The van der Waals surface area contributed by atoms with Crippen molar-refractivity contribution < 1.29 is 4.74 Å². The van der Waals surface area contributed by atoms with Gasteiger partial charge in [-0.05, 0) is 43.5 Å². The number of nitrogens with zero attached hydrogens (tertiary/aromatic N) is 3. The lowest BCUT2D eigenvalue weighted by atomic mass is 10.1. The Hall–Kier alpha value is -2.29. The van der Waals surface area contributed by atoms with Gasteiger partial charge in [0, 0.05) is 26.7 Å². The Balaban J connectivity index is 0.00000300. The summed E-state index contributed by atoms with van der Waals surface area (Å²) in [5, 5.41) is 6.76. The van der Waals surface area contributed by atoms with Crippen molar-refractivity contribution in [3.05, 3.63) is 59.9 Å². The highest BCUT2D eigenvalue weighted by atomic mass is 127. The van der Waals surface area contributed by atoms with Gasteiger partial charge in [0.25, 0.3) is 0 Å². The SMILES string of the molecule is CN=C(NCCCn1cnc2ccccc21)NCCc1cc(C)ccc1OC.I. The fraction of sp³-hybridized carbons (Fsp3) is 0.364. The molecular formula is C22H30IN5O. The number of methoxy groups -OCH3 is 1. The molecule has 0 saturated heterocycles. The minimum absolute atomic E-state index is 0. The Kier molecular flexibility index (Phi) is 9.24. The highest BCUT2D eigenvalue weighted by Crippen LogP contribution is 2.19. The number of para-hydroxylation sites is 2. The summed E-state index contributed by atoms with van der Waals surface area (Å²) in [4.78, 5) is 8.74. The van der Waals surface area contributed by atoms with Crippen LogP contribution in [0.15, 0.2) is 53.8 Å². The first kappa shape index (κ1) is 23.0. The van der Waals surface area contributed by atoms with Crippen molar-refractivity contribution in [2.45, 2.75) is 26.3 Å². The molecule has 7 heteroatoms. The van der Waals surface area contributed by atoms with Crippen LogP contribution in [0.2, 0.25) is 0 Å². The molecule has 0 unspecified atom stereocenters. The largest absolute Gasteiger partial charge is 0.496 e. The summed E-state index contributed by atoms with van der Waals surface area (Å²) < 4.78 is 7.64. The van der Waals surface area contributed by atoms with Crippen LogP contribution in [0.1, 0.15) is 17.5 Å². The second kappa shape index (κ2) is 11.6. The van der Waals surface area contributed by atoms with Crippen LogP contribution in [0.3, 0.4) is 0 Å². The van der Waals surface area contributed by atoms with Crippen molar-refractivity contribution in [2.75, 3.05) is 27.2 Å². The Morgan fingerprint density at radius 1 is 1.14 bits per heavy atom. The quantitative estimate of drug-likeness (QED) is 0.211. The number of aromatic nitrogens is 2. The number of hydrogen-bond donors (Lipinski definition) is 2. The Morgan fingerprint density at radius 2 is 1.93 bits per heavy atom. The molecular weight excluding hydrogens is 477 g/mol. The lowest BCUT2D eigenvalue weighted by Crippen LogP contribution is -2.39. The molecule has 2 N–H and O–H groups in total. The Labute approximate surface area is 189 Å². The lowest BCUT2D eigenvalue weighted by molar-refractivity contribution is 0.409. The zero-order valence-electron chi connectivity index (χ0n) is 17.3. The molecule has 2 aromatic carbocycles. The number of halogens is 1. The van der Waals surface area contributed by atoms with Gasteiger partial charge in [-0.2, -0.15) is 0 Å². The molecule has 0 aliphatic rings. The molecule has 6 nitrogen and oxygen atoms in total. The molecule has 1 aromatic heterocycles. The number of guanidine groups is 1. The smallest absolute Gasteiger partial charge is 0.190 e. The average Bonchev–Trinajstić information content (AvgIpc) is 3.13. The van der Waals surface area contributed by atoms with E-state index in [9.17, 15) is 0 Å². The van der Waals surface area contributed by atoms with E-state index >= 15 is 0 Å². The van der Waals surface area contributed by atoms with Crippen LogP contribution < -0.4 is 15.4 Å². The molecule has 0 bridgehead atoms. The third kappa shape index (κ3) is 6.35. The summed E-state index contributed by atoms with van der Waals surface area (Å²) in [7, 11) is 3.51. The number of aliphatic imine (C=N–C) groups is 1. The molecule has 0 radical (unpaired) electrons. The maximum absolute atomic E-state index is 5.45. The van der Waals surface area contributed by atoms with Crippen LogP contribution in [0, 0.1) is 6.92 Å². The van der Waals surface area contributed by atoms with Gasteiger partial charge >= 0.3 is 0 Å². The van der Waals surface area contributed by atoms with Crippen LogP contribution in [-0.2, 0) is 13.0 Å². The molecule has 0 spiro atoms. The molecule has 156 valence electrons. The van der Waals surface area contributed by atoms with Crippen molar-refractivity contribution in [3.63, 3.8) is 0 Å². The van der Waals surface area contributed by atoms with Gasteiger partial charge in [0.05, 0.1) is 24.5 Å². The second-order valence-corrected chi connectivity index (χ2v) is 6.77. The predicted octanol–water partition coefficient (Wildman–Crippen LogP) is 3.77. The van der Waals surface area contributed by atoms with Gasteiger partial charge in [0.2, 0.25) is 0 Å². The minimum atomic E-state index is 0. The molecule has 3 rings (SSSR count). The van der Waals surface area contributed by atoms with Gasteiger partial charge in [0.1, 0.15) is 5.75 Å². The van der Waals surface area contributed by atoms with Gasteiger partial charge in [-0.1, -0.05) is 29.8 Å². The van der Waals surface area contributed by atoms with Gasteiger partial charge < -0.3 is 19.9 Å². The fourth-order valence-corrected chi connectivity index (χ4v) is 3.28. The zero-order chi connectivity index (χ0) is 19.8. The molecule has 0 amide bonds. The number of benzene rings is 2. The number of imidazole rings is 1. The van der Waals surface area contributed by atoms with Crippen LogP contribution in [0.25, 0.3) is 11.0 Å². The highest BCUT2D eigenvalue weighted by Gasteiger charge is 2.05. The van der Waals surface area contributed by atoms with E-state index in [4.69, 9.17) is 4.74 Å². The van der Waals surface area contributed by atoms with Gasteiger partial charge in [0.15, 0.2) is 5.96 Å². The van der Waals surface area contributed by atoms with Crippen LogP contribution in [-0.4, -0.2) is 42.8 Å². The Morgan fingerprint density at radius 3 is 2.72 bits per heavy atom. The van der Waals surface area contributed by atoms with Crippen molar-refractivity contribution in [3.8, 4) is 5.75 Å². The molecule has 0 fully saturated rings. The summed E-state index contributed by atoms with van der Waals surface area (Å²) in [5.74, 6) is 1.75. The minimum Gasteiger partial charge on any atom is -0.496 e. The average molecular weight is 507 g/mol. The van der Waals surface area contributed by atoms with E-state index in [-0.39, 0.29) is 24.0 Å². The van der Waals surface area contributed by atoms with Crippen molar-refractivity contribution >= 4 is 41.0 Å². The molecule has 0 saturated carbocycles. The van der Waals surface area contributed by atoms with E-state index in [1.807, 2.05) is 30.6 Å². The topological polar surface area (TPSA) is 63.5 Å². The van der Waals surface area contributed by atoms with Crippen molar-refractivity contribution in [1.82, 2.24) is 20.2 Å². The fourth-order valence-electron chi connectivity index (χ4n) is 3.28. The summed E-state index contributed by atoms with van der Waals surface area (Å²) >= 11 is 0. The number of aryl methyl sites for hydroxylation is 2. The van der Waals surface area contributed by atoms with E-state index in [0.717, 1.165) is 49.7 Å². The summed E-state index contributed by atoms with van der Waals surface area (Å²) in [5.41, 5.74) is 4.67. The first-order valence-electron chi connectivity index (χ1n) is 9.69. The number of fused-ring (bicyclic) bond motifs is 1. The third-order valence-electron chi connectivity index (χ3n) is 4.74. The van der Waals surface area contributed by atoms with E-state index < -0.39 is 0 Å². The summed E-state index contributed by atoms with van der Waals surface area (Å²) in [6, 6.07) is 14.5. The van der Waals surface area contributed by atoms with Crippen molar-refractivity contribution in [2.24, 2.45) is 4.99 Å². The van der Waals surface area contributed by atoms with Crippen LogP contribution >= 0.6 is 24.0 Å². The van der Waals surface area contributed by atoms with Crippen LogP contribution in [0.5, 0.6) is 5.75 Å².